The van der Waals surface area contributed by atoms with E-state index < -0.39 is 93.7 Å². The van der Waals surface area contributed by atoms with Crippen LogP contribution in [-0.2, 0) is 28.8 Å². The third-order valence-corrected chi connectivity index (χ3v) is 51.7. The molecule has 0 aliphatic heterocycles. The van der Waals surface area contributed by atoms with Crippen molar-refractivity contribution in [3.05, 3.63) is 152 Å². The van der Waals surface area contributed by atoms with Crippen molar-refractivity contribution in [2.45, 2.75) is 148 Å². The first-order chi connectivity index (χ1) is 33.0. The highest BCUT2D eigenvalue weighted by Crippen LogP contribution is 2.34. The van der Waals surface area contributed by atoms with Crippen LogP contribution in [0.4, 0.5) is 0 Å². The van der Waals surface area contributed by atoms with Gasteiger partial charge in [0, 0.05) is 13.3 Å². The zero-order valence-electron chi connectivity index (χ0n) is 46.7. The van der Waals surface area contributed by atoms with Crippen LogP contribution in [0.2, 0.25) is 148 Å². The normalized spacial score (nSPS) is 13.8. The fraction of sp³-hybridized carbons (Fsp3) is 0.434. The van der Waals surface area contributed by atoms with Crippen molar-refractivity contribution >= 4 is 120 Å². The van der Waals surface area contributed by atoms with Gasteiger partial charge < -0.3 is 28.8 Å². The van der Waals surface area contributed by atoms with Gasteiger partial charge in [-0.15, -0.1) is 0 Å². The van der Waals surface area contributed by atoms with Gasteiger partial charge in [0.2, 0.25) is 0 Å². The molecule has 0 aliphatic rings. The first-order valence-electron chi connectivity index (χ1n) is 26.2. The summed E-state index contributed by atoms with van der Waals surface area (Å²) in [7, 11) is -26.1. The van der Waals surface area contributed by atoms with Crippen LogP contribution in [0.15, 0.2) is 152 Å². The van der Waals surface area contributed by atoms with Crippen molar-refractivity contribution in [1.29, 1.82) is 0 Å². The van der Waals surface area contributed by atoms with Gasteiger partial charge in [-0.1, -0.05) is 177 Å². The van der Waals surface area contributed by atoms with Crippen molar-refractivity contribution in [3.8, 4) is 0 Å². The van der Waals surface area contributed by atoms with Crippen LogP contribution in [0, 0.1) is 0 Å². The molecule has 0 saturated carbocycles. The molecule has 0 bridgehead atoms. The maximum atomic E-state index is 8.03. The van der Waals surface area contributed by atoms with Crippen molar-refractivity contribution in [3.63, 3.8) is 0 Å². The Kier molecular flexibility index (Phi) is 21.1. The molecule has 0 amide bonds. The molecule has 0 N–H and O–H groups in total. The summed E-state index contributed by atoms with van der Waals surface area (Å²) in [5, 5.41) is 5.79. The minimum Gasteiger partial charge on any atom is -0.430 e. The Morgan fingerprint density at radius 3 is 0.718 bits per heavy atom. The summed E-state index contributed by atoms with van der Waals surface area (Å²) in [6, 6.07) is 60.4. The Labute approximate surface area is 444 Å². The van der Waals surface area contributed by atoms with E-state index in [9.17, 15) is 0 Å². The van der Waals surface area contributed by atoms with Crippen LogP contribution in [0.1, 0.15) is 0 Å². The topological polar surface area (TPSA) is 64.6 Å². The molecule has 0 fully saturated rings. The van der Waals surface area contributed by atoms with Crippen LogP contribution in [0.5, 0.6) is 0 Å². The molecule has 5 rings (SSSR count). The highest BCUT2D eigenvalue weighted by molar-refractivity contribution is 7.04. The second kappa shape index (κ2) is 24.9. The molecule has 0 saturated heterocycles. The van der Waals surface area contributed by atoms with Crippen LogP contribution in [0.3, 0.4) is 0 Å². The molecule has 0 aromatic heterocycles. The lowest BCUT2D eigenvalue weighted by atomic mass is 10.4. The maximum Gasteiger partial charge on any atom is 0.505 e. The predicted molar refractivity (Wildman–Crippen MR) is 333 cm³/mol. The van der Waals surface area contributed by atoms with Crippen molar-refractivity contribution in [2.24, 2.45) is 0 Å². The van der Waals surface area contributed by atoms with Gasteiger partial charge in [0.25, 0.3) is 0 Å². The SMILES string of the molecule is C[SiH](C)O[Si](O[SiH](C)C)(O[Si](C)(C)CC[Si](C)(C)O[Si](O[Si](C)(C)CC[Si](C)(C)O[Si](O[Si](C)(C)CC[Si](C)(C)C)(c1ccccc1)c1ccccc1)(c1ccccc1)c1ccccc1)c1ccccc1. The summed E-state index contributed by atoms with van der Waals surface area (Å²) >= 11 is 0. The minimum atomic E-state index is -3.33. The Morgan fingerprint density at radius 1 is 0.282 bits per heavy atom. The molecule has 0 unspecified atom stereocenters. The molecule has 0 aliphatic carbocycles. The first-order valence-corrected chi connectivity index (χ1v) is 56.4. The average molecular weight is 1150 g/mol. The van der Waals surface area contributed by atoms with Gasteiger partial charge in [0.05, 0.1) is 0 Å². The molecule has 5 aromatic carbocycles. The van der Waals surface area contributed by atoms with Gasteiger partial charge in [0.1, 0.15) is 0 Å². The molecule has 5 aromatic rings. The predicted octanol–water partition coefficient (Wildman–Crippen LogP) is 11.8. The zero-order chi connectivity index (χ0) is 52.4. The van der Waals surface area contributed by atoms with Gasteiger partial charge >= 0.3 is 25.9 Å². The third kappa shape index (κ3) is 17.9. The summed E-state index contributed by atoms with van der Waals surface area (Å²) < 4.78 is 53.2. The smallest absolute Gasteiger partial charge is 0.430 e. The number of hydrogen-bond acceptors (Lipinski definition) is 7. The highest BCUT2D eigenvalue weighted by Gasteiger charge is 2.54. The van der Waals surface area contributed by atoms with E-state index in [0.29, 0.717) is 0 Å². The number of rotatable bonds is 28. The van der Waals surface area contributed by atoms with Crippen LogP contribution >= 0.6 is 0 Å². The molecular formula is C53H90O7Si11. The second-order valence-corrected chi connectivity index (χ2v) is 66.7. The first kappa shape index (κ1) is 60.1. The van der Waals surface area contributed by atoms with E-state index in [1.165, 1.54) is 16.4 Å². The summed E-state index contributed by atoms with van der Waals surface area (Å²) in [5.41, 5.74) is 0. The van der Waals surface area contributed by atoms with E-state index in [2.05, 4.69) is 263 Å². The standard InChI is InChI=1S/C53H90O7Si11/c1-61(2)54-71(55-62(3)4,53-41-31-22-32-42-53)60-68(16,17)48-47-67(14,15)59-70(51-37-27-20-28-38-51,52-39-29-21-30-40-52)58-66(12,13)46-45-65(10,11)57-69(49-33-23-18-24-34-49,50-35-25-19-26-36-50)56-64(8,9)44-43-63(5,6)7/h18-42,61-62H,43-48H2,1-17H3. The fourth-order valence-electron chi connectivity index (χ4n) is 9.07. The molecule has 7 nitrogen and oxygen atoms in total. The Morgan fingerprint density at radius 2 is 0.493 bits per heavy atom. The van der Waals surface area contributed by atoms with E-state index in [1.807, 2.05) is 0 Å². The lowest BCUT2D eigenvalue weighted by Crippen LogP contribution is -2.71. The lowest BCUT2D eigenvalue weighted by Gasteiger charge is -2.45. The van der Waals surface area contributed by atoms with Crippen LogP contribution < -0.4 is 25.9 Å². The van der Waals surface area contributed by atoms with E-state index in [0.717, 1.165) is 45.8 Å². The number of benzene rings is 5. The molecule has 0 atom stereocenters. The summed E-state index contributed by atoms with van der Waals surface area (Å²) in [5.74, 6) is 0. The van der Waals surface area contributed by atoms with Crippen molar-refractivity contribution in [2.75, 3.05) is 0 Å². The largest absolute Gasteiger partial charge is 0.505 e. The summed E-state index contributed by atoms with van der Waals surface area (Å²) in [6.07, 6.45) is 0. The summed E-state index contributed by atoms with van der Waals surface area (Å²) in [4.78, 5) is 0. The molecule has 0 spiro atoms. The van der Waals surface area contributed by atoms with Crippen LogP contribution in [-0.4, -0.2) is 93.7 Å². The van der Waals surface area contributed by atoms with Gasteiger partial charge in [-0.3, -0.25) is 0 Å². The summed E-state index contributed by atoms with van der Waals surface area (Å²) in [6.45, 7) is 40.4. The van der Waals surface area contributed by atoms with E-state index in [4.69, 9.17) is 28.8 Å². The van der Waals surface area contributed by atoms with Gasteiger partial charge in [-0.05, 0) is 143 Å². The molecular weight excluding hydrogens is 1060 g/mol. The monoisotopic (exact) mass is 1150 g/mol. The number of hydrogen-bond donors (Lipinski definition) is 0. The Bertz CT molecular complexity index is 2270. The Hall–Kier alpha value is -1.79. The van der Waals surface area contributed by atoms with E-state index in [1.54, 1.807) is 0 Å². The molecule has 71 heavy (non-hydrogen) atoms. The molecule has 388 valence electrons. The quantitative estimate of drug-likeness (QED) is 0.0462. The van der Waals surface area contributed by atoms with E-state index >= 15 is 0 Å². The Balaban J connectivity index is 1.49. The van der Waals surface area contributed by atoms with Gasteiger partial charge in [0.15, 0.2) is 59.7 Å². The molecule has 18 heteroatoms. The van der Waals surface area contributed by atoms with Gasteiger partial charge in [-0.25, -0.2) is 0 Å². The maximum absolute atomic E-state index is 8.03. The molecule has 0 radical (unpaired) electrons. The van der Waals surface area contributed by atoms with Gasteiger partial charge in [-0.2, -0.15) is 0 Å². The van der Waals surface area contributed by atoms with Crippen molar-refractivity contribution < 1.29 is 28.8 Å². The highest BCUT2D eigenvalue weighted by atomic mass is 28.5. The van der Waals surface area contributed by atoms with E-state index in [-0.39, 0.29) is 0 Å². The second-order valence-electron chi connectivity index (χ2n) is 24.3. The van der Waals surface area contributed by atoms with Crippen molar-refractivity contribution in [1.82, 2.24) is 0 Å². The minimum absolute atomic E-state index is 0.931. The average Bonchev–Trinajstić information content (AvgIpc) is 3.30. The third-order valence-electron chi connectivity index (χ3n) is 12.8. The zero-order valence-corrected chi connectivity index (χ0v) is 58.0. The fourth-order valence-corrected chi connectivity index (χ4v) is 58.7. The molecule has 0 heterocycles. The lowest BCUT2D eigenvalue weighted by molar-refractivity contribution is 0.282. The van der Waals surface area contributed by atoms with Crippen LogP contribution in [0.25, 0.3) is 0 Å².